The van der Waals surface area contributed by atoms with Crippen LogP contribution in [0.1, 0.15) is 17.3 Å². The number of carboxylic acid groups (broad SMARTS) is 1. The maximum Gasteiger partial charge on any atom is 0.337 e. The van der Waals surface area contributed by atoms with Gasteiger partial charge in [0.15, 0.2) is 0 Å². The third-order valence-electron chi connectivity index (χ3n) is 1.75. The van der Waals surface area contributed by atoms with Gasteiger partial charge in [-0.05, 0) is 13.0 Å². The fourth-order valence-corrected chi connectivity index (χ4v) is 1.16. The molecule has 1 aromatic rings. The SMILES string of the molecule is CC(CO)Nc1ncc(C(=O)O)cc1Cl. The number of carboxylic acids is 1. The first kappa shape index (κ1) is 11.7. The third-order valence-corrected chi connectivity index (χ3v) is 2.03. The van der Waals surface area contributed by atoms with E-state index in [2.05, 4.69) is 10.3 Å². The summed E-state index contributed by atoms with van der Waals surface area (Å²) in [5.74, 6) is -0.714. The molecule has 1 unspecified atom stereocenters. The fourth-order valence-electron chi connectivity index (χ4n) is 0.940. The smallest absolute Gasteiger partial charge is 0.337 e. The molecule has 1 aromatic heterocycles. The summed E-state index contributed by atoms with van der Waals surface area (Å²) in [7, 11) is 0. The van der Waals surface area contributed by atoms with Gasteiger partial charge in [0.2, 0.25) is 0 Å². The van der Waals surface area contributed by atoms with Gasteiger partial charge in [-0.2, -0.15) is 0 Å². The second-order valence-corrected chi connectivity index (χ2v) is 3.49. The Kier molecular flexibility index (Phi) is 3.88. The minimum Gasteiger partial charge on any atom is -0.478 e. The van der Waals surface area contributed by atoms with Crippen molar-refractivity contribution in [2.75, 3.05) is 11.9 Å². The summed E-state index contributed by atoms with van der Waals surface area (Å²) < 4.78 is 0. The Morgan fingerprint density at radius 2 is 2.40 bits per heavy atom. The molecule has 82 valence electrons. The lowest BCUT2D eigenvalue weighted by Gasteiger charge is -2.12. The fraction of sp³-hybridized carbons (Fsp3) is 0.333. The van der Waals surface area contributed by atoms with Crippen molar-refractivity contribution < 1.29 is 15.0 Å². The van der Waals surface area contributed by atoms with Crippen molar-refractivity contribution in [1.29, 1.82) is 0 Å². The van der Waals surface area contributed by atoms with Gasteiger partial charge in [-0.15, -0.1) is 0 Å². The van der Waals surface area contributed by atoms with E-state index in [1.54, 1.807) is 6.92 Å². The Morgan fingerprint density at radius 1 is 1.73 bits per heavy atom. The lowest BCUT2D eigenvalue weighted by Crippen LogP contribution is -2.20. The van der Waals surface area contributed by atoms with Crippen LogP contribution in [0.15, 0.2) is 12.3 Å². The number of nitrogens with one attached hydrogen (secondary N) is 1. The monoisotopic (exact) mass is 230 g/mol. The molecule has 0 bridgehead atoms. The van der Waals surface area contributed by atoms with E-state index in [9.17, 15) is 4.79 Å². The number of nitrogens with zero attached hydrogens (tertiary/aromatic N) is 1. The molecule has 0 aliphatic rings. The lowest BCUT2D eigenvalue weighted by molar-refractivity contribution is 0.0696. The molecular formula is C9H11ClN2O3. The summed E-state index contributed by atoms with van der Waals surface area (Å²) in [6.07, 6.45) is 1.21. The van der Waals surface area contributed by atoms with Crippen molar-refractivity contribution in [3.63, 3.8) is 0 Å². The molecule has 1 atom stereocenters. The maximum absolute atomic E-state index is 10.6. The molecule has 6 heteroatoms. The molecule has 0 radical (unpaired) electrons. The van der Waals surface area contributed by atoms with E-state index in [4.69, 9.17) is 21.8 Å². The molecule has 1 heterocycles. The van der Waals surface area contributed by atoms with E-state index in [1.807, 2.05) is 0 Å². The summed E-state index contributed by atoms with van der Waals surface area (Å²) in [4.78, 5) is 14.4. The molecule has 3 N–H and O–H groups in total. The van der Waals surface area contributed by atoms with Gasteiger partial charge in [-0.3, -0.25) is 0 Å². The number of aliphatic hydroxyl groups excluding tert-OH is 1. The Labute approximate surface area is 91.7 Å². The van der Waals surface area contributed by atoms with Crippen LogP contribution in [0.2, 0.25) is 5.02 Å². The highest BCUT2D eigenvalue weighted by Crippen LogP contribution is 2.20. The molecule has 0 saturated carbocycles. The predicted octanol–water partition coefficient (Wildman–Crippen LogP) is 1.23. The van der Waals surface area contributed by atoms with Crippen molar-refractivity contribution in [1.82, 2.24) is 4.98 Å². The maximum atomic E-state index is 10.6. The van der Waals surface area contributed by atoms with E-state index in [0.717, 1.165) is 0 Å². The molecule has 15 heavy (non-hydrogen) atoms. The average molecular weight is 231 g/mol. The zero-order chi connectivity index (χ0) is 11.4. The Morgan fingerprint density at radius 3 is 2.87 bits per heavy atom. The summed E-state index contributed by atoms with van der Waals surface area (Å²) in [6.45, 7) is 1.70. The normalized spacial score (nSPS) is 12.2. The lowest BCUT2D eigenvalue weighted by atomic mass is 10.3. The summed E-state index contributed by atoms with van der Waals surface area (Å²) in [5.41, 5.74) is 0.0298. The van der Waals surface area contributed by atoms with Gasteiger partial charge in [0, 0.05) is 12.2 Å². The number of halogens is 1. The number of aromatic carboxylic acids is 1. The molecule has 0 amide bonds. The number of hydrogen-bond acceptors (Lipinski definition) is 4. The Balaban J connectivity index is 2.88. The average Bonchev–Trinajstić information content (AvgIpc) is 2.20. The van der Waals surface area contributed by atoms with Crippen LogP contribution in [0.3, 0.4) is 0 Å². The predicted molar refractivity (Wildman–Crippen MR) is 56.4 cm³/mol. The molecule has 0 saturated heterocycles. The van der Waals surface area contributed by atoms with Crippen LogP contribution < -0.4 is 5.32 Å². The number of rotatable bonds is 4. The highest BCUT2D eigenvalue weighted by atomic mass is 35.5. The van der Waals surface area contributed by atoms with E-state index < -0.39 is 5.97 Å². The summed E-state index contributed by atoms with van der Waals surface area (Å²) in [5, 5.41) is 20.5. The minimum atomic E-state index is -1.08. The first-order valence-electron chi connectivity index (χ1n) is 4.31. The molecular weight excluding hydrogens is 220 g/mol. The molecule has 0 aliphatic heterocycles. The third kappa shape index (κ3) is 3.07. The van der Waals surface area contributed by atoms with Gasteiger partial charge in [-0.1, -0.05) is 11.6 Å². The number of carbonyl (C=O) groups is 1. The van der Waals surface area contributed by atoms with Crippen LogP contribution in [0.25, 0.3) is 0 Å². The van der Waals surface area contributed by atoms with Gasteiger partial charge < -0.3 is 15.5 Å². The van der Waals surface area contributed by atoms with Crippen LogP contribution in [-0.4, -0.2) is 33.8 Å². The van der Waals surface area contributed by atoms with Crippen LogP contribution in [0.5, 0.6) is 0 Å². The van der Waals surface area contributed by atoms with E-state index in [0.29, 0.717) is 5.82 Å². The molecule has 5 nitrogen and oxygen atoms in total. The van der Waals surface area contributed by atoms with Gasteiger partial charge in [0.25, 0.3) is 0 Å². The molecule has 1 rings (SSSR count). The van der Waals surface area contributed by atoms with Crippen molar-refractivity contribution >= 4 is 23.4 Å². The van der Waals surface area contributed by atoms with E-state index in [1.165, 1.54) is 12.3 Å². The Bertz CT molecular complexity index is 370. The molecule has 0 aliphatic carbocycles. The number of aromatic nitrogens is 1. The van der Waals surface area contributed by atoms with Crippen LogP contribution >= 0.6 is 11.6 Å². The van der Waals surface area contributed by atoms with Crippen LogP contribution in [0, 0.1) is 0 Å². The Hall–Kier alpha value is -1.33. The second kappa shape index (κ2) is 4.95. The number of anilines is 1. The zero-order valence-corrected chi connectivity index (χ0v) is 8.82. The highest BCUT2D eigenvalue weighted by molar-refractivity contribution is 6.33. The van der Waals surface area contributed by atoms with Gasteiger partial charge in [0.05, 0.1) is 17.2 Å². The van der Waals surface area contributed by atoms with Crippen molar-refractivity contribution in [3.8, 4) is 0 Å². The first-order chi connectivity index (χ1) is 7.04. The minimum absolute atomic E-state index is 0.0298. The quantitative estimate of drug-likeness (QED) is 0.725. The van der Waals surface area contributed by atoms with E-state index in [-0.39, 0.29) is 23.2 Å². The standard InChI is InChI=1S/C9H11ClN2O3/c1-5(4-13)12-8-7(10)2-6(3-11-8)9(14)15/h2-3,5,13H,4H2,1H3,(H,11,12)(H,14,15). The molecule has 0 aromatic carbocycles. The van der Waals surface area contributed by atoms with Gasteiger partial charge in [-0.25, -0.2) is 9.78 Å². The largest absolute Gasteiger partial charge is 0.478 e. The van der Waals surface area contributed by atoms with Crippen molar-refractivity contribution in [2.45, 2.75) is 13.0 Å². The molecule has 0 fully saturated rings. The zero-order valence-electron chi connectivity index (χ0n) is 8.07. The van der Waals surface area contributed by atoms with Crippen LogP contribution in [0.4, 0.5) is 5.82 Å². The number of hydrogen-bond donors (Lipinski definition) is 3. The highest BCUT2D eigenvalue weighted by Gasteiger charge is 2.09. The van der Waals surface area contributed by atoms with Crippen molar-refractivity contribution in [3.05, 3.63) is 22.8 Å². The van der Waals surface area contributed by atoms with Crippen molar-refractivity contribution in [2.24, 2.45) is 0 Å². The number of aliphatic hydroxyl groups is 1. The first-order valence-corrected chi connectivity index (χ1v) is 4.68. The van der Waals surface area contributed by atoms with Crippen LogP contribution in [-0.2, 0) is 0 Å². The topological polar surface area (TPSA) is 82.5 Å². The number of pyridine rings is 1. The van der Waals surface area contributed by atoms with E-state index >= 15 is 0 Å². The summed E-state index contributed by atoms with van der Waals surface area (Å²) in [6, 6.07) is 1.12. The molecule has 0 spiro atoms. The van der Waals surface area contributed by atoms with Gasteiger partial charge in [0.1, 0.15) is 5.82 Å². The summed E-state index contributed by atoms with van der Waals surface area (Å²) >= 11 is 5.80. The second-order valence-electron chi connectivity index (χ2n) is 3.09. The van der Waals surface area contributed by atoms with Gasteiger partial charge >= 0.3 is 5.97 Å².